The summed E-state index contributed by atoms with van der Waals surface area (Å²) in [5.74, 6) is 0.0134. The van der Waals surface area contributed by atoms with Crippen molar-refractivity contribution in [3.05, 3.63) is 63.1 Å². The summed E-state index contributed by atoms with van der Waals surface area (Å²) in [6.45, 7) is 4.38. The Kier molecular flexibility index (Phi) is 9.76. The summed E-state index contributed by atoms with van der Waals surface area (Å²) >= 11 is 18.0. The first-order valence-corrected chi connectivity index (χ1v) is 10.9. The predicted molar refractivity (Wildman–Crippen MR) is 121 cm³/mol. The topological polar surface area (TPSA) is 58.6 Å². The molecule has 0 aliphatic heterocycles. The van der Waals surface area contributed by atoms with Crippen LogP contribution in [0.2, 0.25) is 15.1 Å². The van der Waals surface area contributed by atoms with Crippen LogP contribution in [0, 0.1) is 0 Å². The fraction of sp³-hybridized carbons (Fsp3) is 0.364. The first-order chi connectivity index (χ1) is 14.3. The zero-order chi connectivity index (χ0) is 22.1. The van der Waals surface area contributed by atoms with E-state index < -0.39 is 6.04 Å². The Morgan fingerprint density at radius 3 is 2.33 bits per heavy atom. The van der Waals surface area contributed by atoms with Gasteiger partial charge in [-0.2, -0.15) is 0 Å². The summed E-state index contributed by atoms with van der Waals surface area (Å²) in [6.07, 6.45) is 1.27. The van der Waals surface area contributed by atoms with Crippen LogP contribution in [0.4, 0.5) is 0 Å². The van der Waals surface area contributed by atoms with Gasteiger partial charge in [-0.25, -0.2) is 0 Å². The maximum atomic E-state index is 13.1. The van der Waals surface area contributed by atoms with E-state index in [0.717, 1.165) is 12.0 Å². The minimum atomic E-state index is -0.632. The van der Waals surface area contributed by atoms with Crippen LogP contribution in [0.1, 0.15) is 32.3 Å². The summed E-state index contributed by atoms with van der Waals surface area (Å²) in [4.78, 5) is 27.3. The van der Waals surface area contributed by atoms with Crippen molar-refractivity contribution in [1.29, 1.82) is 0 Å². The molecule has 0 saturated heterocycles. The first kappa shape index (κ1) is 24.3. The van der Waals surface area contributed by atoms with Crippen LogP contribution in [0.3, 0.4) is 0 Å². The van der Waals surface area contributed by atoms with Gasteiger partial charge in [0.05, 0.1) is 10.0 Å². The summed E-state index contributed by atoms with van der Waals surface area (Å²) in [5.41, 5.74) is 0.769. The Morgan fingerprint density at radius 2 is 1.73 bits per heavy atom. The Bertz CT molecular complexity index is 859. The molecule has 1 unspecified atom stereocenters. The Hall–Kier alpha value is -1.95. The molecule has 2 aromatic rings. The summed E-state index contributed by atoms with van der Waals surface area (Å²) in [7, 11) is 0. The highest BCUT2D eigenvalue weighted by atomic mass is 35.5. The van der Waals surface area contributed by atoms with Crippen molar-refractivity contribution >= 4 is 46.6 Å². The van der Waals surface area contributed by atoms with Gasteiger partial charge < -0.3 is 15.0 Å². The van der Waals surface area contributed by atoms with Crippen molar-refractivity contribution in [2.24, 2.45) is 0 Å². The lowest BCUT2D eigenvalue weighted by molar-refractivity contribution is -0.143. The smallest absolute Gasteiger partial charge is 0.261 e. The fourth-order valence-electron chi connectivity index (χ4n) is 2.88. The summed E-state index contributed by atoms with van der Waals surface area (Å²) in [5, 5.41) is 4.27. The van der Waals surface area contributed by atoms with E-state index >= 15 is 0 Å². The first-order valence-electron chi connectivity index (χ1n) is 9.75. The minimum absolute atomic E-state index is 0.195. The van der Waals surface area contributed by atoms with Crippen LogP contribution < -0.4 is 10.1 Å². The molecule has 0 aromatic heterocycles. The number of carbonyl (C=O) groups excluding carboxylic acids is 2. The highest BCUT2D eigenvalue weighted by Crippen LogP contribution is 2.24. The largest absolute Gasteiger partial charge is 0.484 e. The number of benzene rings is 2. The molecule has 2 amide bonds. The second kappa shape index (κ2) is 12.0. The third-order valence-electron chi connectivity index (χ3n) is 4.45. The van der Waals surface area contributed by atoms with Crippen LogP contribution >= 0.6 is 34.8 Å². The van der Waals surface area contributed by atoms with Gasteiger partial charge in [0.15, 0.2) is 6.61 Å². The van der Waals surface area contributed by atoms with E-state index in [1.165, 1.54) is 4.90 Å². The fourth-order valence-corrected chi connectivity index (χ4v) is 3.33. The van der Waals surface area contributed by atoms with Gasteiger partial charge in [-0.1, -0.05) is 54.7 Å². The van der Waals surface area contributed by atoms with Gasteiger partial charge in [0.2, 0.25) is 5.91 Å². The molecule has 0 spiro atoms. The van der Waals surface area contributed by atoms with E-state index in [9.17, 15) is 9.59 Å². The number of carbonyl (C=O) groups is 2. The van der Waals surface area contributed by atoms with Gasteiger partial charge in [0.25, 0.3) is 5.91 Å². The molecule has 1 N–H and O–H groups in total. The summed E-state index contributed by atoms with van der Waals surface area (Å²) < 4.78 is 5.61. The zero-order valence-corrected chi connectivity index (χ0v) is 19.2. The van der Waals surface area contributed by atoms with Crippen molar-refractivity contribution in [2.75, 3.05) is 13.2 Å². The molecule has 0 saturated carbocycles. The number of rotatable bonds is 10. The Balaban J connectivity index is 2.21. The lowest BCUT2D eigenvalue weighted by atomic mass is 10.1. The Labute approximate surface area is 192 Å². The van der Waals surface area contributed by atoms with Crippen molar-refractivity contribution in [3.8, 4) is 5.75 Å². The third kappa shape index (κ3) is 7.08. The van der Waals surface area contributed by atoms with Gasteiger partial charge in [-0.05, 0) is 54.8 Å². The normalized spacial score (nSPS) is 11.6. The van der Waals surface area contributed by atoms with Crippen molar-refractivity contribution in [1.82, 2.24) is 10.2 Å². The summed E-state index contributed by atoms with van der Waals surface area (Å²) in [6, 6.07) is 11.3. The predicted octanol–water partition coefficient (Wildman–Crippen LogP) is 5.36. The zero-order valence-electron chi connectivity index (χ0n) is 17.0. The lowest BCUT2D eigenvalue weighted by Gasteiger charge is -2.30. The number of hydrogen-bond acceptors (Lipinski definition) is 3. The van der Waals surface area contributed by atoms with Crippen molar-refractivity contribution < 1.29 is 14.3 Å². The van der Waals surface area contributed by atoms with Crippen LogP contribution in [0.5, 0.6) is 5.75 Å². The molecule has 2 rings (SSSR count). The number of nitrogens with one attached hydrogen (secondary N) is 1. The number of halogens is 3. The number of nitrogens with zero attached hydrogens (tertiary/aromatic N) is 1. The van der Waals surface area contributed by atoms with Crippen molar-refractivity contribution in [3.63, 3.8) is 0 Å². The molecule has 0 bridgehead atoms. The maximum Gasteiger partial charge on any atom is 0.261 e. The molecule has 8 heteroatoms. The second-order valence-electron chi connectivity index (χ2n) is 6.73. The van der Waals surface area contributed by atoms with Gasteiger partial charge in [0, 0.05) is 18.1 Å². The van der Waals surface area contributed by atoms with E-state index in [2.05, 4.69) is 5.32 Å². The van der Waals surface area contributed by atoms with E-state index in [-0.39, 0.29) is 25.0 Å². The molecule has 2 aromatic carbocycles. The molecule has 0 aliphatic rings. The van der Waals surface area contributed by atoms with E-state index in [1.54, 1.807) is 42.5 Å². The molecule has 0 aliphatic carbocycles. The van der Waals surface area contributed by atoms with E-state index in [4.69, 9.17) is 39.5 Å². The second-order valence-corrected chi connectivity index (χ2v) is 7.98. The van der Waals surface area contributed by atoms with Crippen LogP contribution in [0.15, 0.2) is 42.5 Å². The monoisotopic (exact) mass is 470 g/mol. The quantitative estimate of drug-likeness (QED) is 0.507. The maximum absolute atomic E-state index is 13.1. The molecule has 0 heterocycles. The van der Waals surface area contributed by atoms with Gasteiger partial charge in [-0.15, -0.1) is 0 Å². The molecular weight excluding hydrogens is 447 g/mol. The molecule has 162 valence electrons. The minimum Gasteiger partial charge on any atom is -0.484 e. The van der Waals surface area contributed by atoms with E-state index in [1.807, 2.05) is 13.8 Å². The van der Waals surface area contributed by atoms with Crippen LogP contribution in [-0.4, -0.2) is 35.9 Å². The molecule has 30 heavy (non-hydrogen) atoms. The van der Waals surface area contributed by atoms with Crippen LogP contribution in [0.25, 0.3) is 0 Å². The SMILES string of the molecule is CCCNC(=O)C(CC)N(Cc1ccc(Cl)c(Cl)c1)C(=O)COc1ccc(Cl)cc1. The highest BCUT2D eigenvalue weighted by Gasteiger charge is 2.28. The van der Waals surface area contributed by atoms with Crippen molar-refractivity contribution in [2.45, 2.75) is 39.3 Å². The lowest BCUT2D eigenvalue weighted by Crippen LogP contribution is -2.50. The van der Waals surface area contributed by atoms with E-state index in [0.29, 0.717) is 33.8 Å². The molecule has 5 nitrogen and oxygen atoms in total. The molecule has 1 atom stereocenters. The molecular formula is C22H25Cl3N2O3. The average molecular weight is 472 g/mol. The Morgan fingerprint density at radius 1 is 1.03 bits per heavy atom. The number of hydrogen-bond donors (Lipinski definition) is 1. The molecule has 0 fully saturated rings. The van der Waals surface area contributed by atoms with Crippen LogP contribution in [-0.2, 0) is 16.1 Å². The van der Waals surface area contributed by atoms with Gasteiger partial charge >= 0.3 is 0 Å². The van der Waals surface area contributed by atoms with Gasteiger partial charge in [0.1, 0.15) is 11.8 Å². The van der Waals surface area contributed by atoms with Gasteiger partial charge in [-0.3, -0.25) is 9.59 Å². The standard InChI is InChI=1S/C22H25Cl3N2O3/c1-3-11-26-22(29)20(4-2)27(13-15-5-10-18(24)19(25)12-15)21(28)14-30-17-8-6-16(23)7-9-17/h5-10,12,20H,3-4,11,13-14H2,1-2H3,(H,26,29). The average Bonchev–Trinajstić information content (AvgIpc) is 2.74. The molecule has 0 radical (unpaired) electrons. The third-order valence-corrected chi connectivity index (χ3v) is 5.44. The number of ether oxygens (including phenoxy) is 1. The highest BCUT2D eigenvalue weighted by molar-refractivity contribution is 6.42. The number of amides is 2.